The summed E-state index contributed by atoms with van der Waals surface area (Å²) in [5.74, 6) is 0.582. The molecule has 0 radical (unpaired) electrons. The normalized spacial score (nSPS) is 12.6. The van der Waals surface area contributed by atoms with E-state index in [1.807, 2.05) is 42.5 Å². The predicted molar refractivity (Wildman–Crippen MR) is 212 cm³/mol. The number of aliphatic imine (C=N–C) groups is 2. The number of hydrogen-bond donors (Lipinski definition) is 1. The molecular weight excluding hydrogens is 625 g/mol. The topological polar surface area (TPSA) is 54.8 Å². The molecule has 244 valence electrons. The van der Waals surface area contributed by atoms with Crippen LogP contribution in [0.25, 0.3) is 60.6 Å². The zero-order valence-electron chi connectivity index (χ0n) is 27.9. The van der Waals surface area contributed by atoms with E-state index in [4.69, 9.17) is 9.41 Å². The van der Waals surface area contributed by atoms with Crippen molar-refractivity contribution in [3.63, 3.8) is 0 Å². The van der Waals surface area contributed by atoms with E-state index in [9.17, 15) is 0 Å². The molecule has 1 unspecified atom stereocenters. The van der Waals surface area contributed by atoms with Crippen molar-refractivity contribution in [3.8, 4) is 16.8 Å². The van der Waals surface area contributed by atoms with Gasteiger partial charge in [0.05, 0.1) is 16.4 Å². The highest BCUT2D eigenvalue weighted by Crippen LogP contribution is 2.41. The quantitative estimate of drug-likeness (QED) is 0.130. The number of nitrogens with one attached hydrogen (secondary N) is 1. The molecule has 2 heterocycles. The van der Waals surface area contributed by atoms with Crippen LogP contribution >= 0.6 is 0 Å². The maximum atomic E-state index is 6.34. The molecule has 0 saturated carbocycles. The Morgan fingerprint density at radius 3 is 2.16 bits per heavy atom. The first kappa shape index (κ1) is 30.5. The Morgan fingerprint density at radius 1 is 0.627 bits per heavy atom. The minimum atomic E-state index is -0.301. The van der Waals surface area contributed by atoms with Crippen molar-refractivity contribution in [3.05, 3.63) is 187 Å². The number of para-hydroxylation sites is 2. The highest BCUT2D eigenvalue weighted by atomic mass is 16.3. The Balaban J connectivity index is 1.14. The van der Waals surface area contributed by atoms with Crippen molar-refractivity contribution < 1.29 is 4.42 Å². The Labute approximate surface area is 295 Å². The summed E-state index contributed by atoms with van der Waals surface area (Å²) in [4.78, 5) is 9.56. The minimum absolute atomic E-state index is 0.301. The number of benzene rings is 7. The zero-order valence-corrected chi connectivity index (χ0v) is 27.9. The van der Waals surface area contributed by atoms with Gasteiger partial charge in [0.2, 0.25) is 0 Å². The molecule has 5 heteroatoms. The predicted octanol–water partition coefficient (Wildman–Crippen LogP) is 11.3. The van der Waals surface area contributed by atoms with E-state index < -0.39 is 0 Å². The molecule has 1 atom stereocenters. The van der Waals surface area contributed by atoms with Crippen molar-refractivity contribution >= 4 is 56.3 Å². The van der Waals surface area contributed by atoms with Crippen LogP contribution in [-0.2, 0) is 6.54 Å². The number of furan rings is 1. The molecule has 0 fully saturated rings. The average molecular weight is 659 g/mol. The van der Waals surface area contributed by atoms with Gasteiger partial charge in [0.1, 0.15) is 17.3 Å². The van der Waals surface area contributed by atoms with Gasteiger partial charge in [0.25, 0.3) is 0 Å². The lowest BCUT2D eigenvalue weighted by atomic mass is 10.0. The van der Waals surface area contributed by atoms with Crippen LogP contribution in [0.1, 0.15) is 22.9 Å². The number of nitrogens with zero attached hydrogens (tertiary/aromatic N) is 3. The number of rotatable bonds is 8. The molecule has 7 aromatic carbocycles. The van der Waals surface area contributed by atoms with Crippen LogP contribution in [0, 0.1) is 0 Å². The van der Waals surface area contributed by atoms with Crippen molar-refractivity contribution in [1.82, 2.24) is 9.88 Å². The fraction of sp³-hybridized carbons (Fsp3) is 0.0435. The average Bonchev–Trinajstić information content (AvgIpc) is 3.75. The molecule has 0 bridgehead atoms. The molecule has 0 aliphatic rings. The van der Waals surface area contributed by atoms with Crippen LogP contribution in [0.5, 0.6) is 0 Å². The third-order valence-corrected chi connectivity index (χ3v) is 9.59. The maximum absolute atomic E-state index is 6.34. The first-order valence-corrected chi connectivity index (χ1v) is 17.2. The van der Waals surface area contributed by atoms with Gasteiger partial charge in [-0.15, -0.1) is 0 Å². The van der Waals surface area contributed by atoms with Gasteiger partial charge < -0.3 is 8.98 Å². The monoisotopic (exact) mass is 658 g/mol. The summed E-state index contributed by atoms with van der Waals surface area (Å²) in [5.41, 5.74) is 10.5. The van der Waals surface area contributed by atoms with E-state index in [0.717, 1.165) is 60.9 Å². The maximum Gasteiger partial charge on any atom is 0.155 e. The largest absolute Gasteiger partial charge is 0.456 e. The lowest BCUT2D eigenvalue weighted by Gasteiger charge is -2.17. The first-order valence-electron chi connectivity index (χ1n) is 17.2. The van der Waals surface area contributed by atoms with E-state index in [1.165, 1.54) is 16.3 Å². The molecule has 0 amide bonds. The molecule has 0 spiro atoms. The molecule has 51 heavy (non-hydrogen) atoms. The van der Waals surface area contributed by atoms with E-state index in [0.29, 0.717) is 12.4 Å². The summed E-state index contributed by atoms with van der Waals surface area (Å²) >= 11 is 0. The van der Waals surface area contributed by atoms with E-state index >= 15 is 0 Å². The van der Waals surface area contributed by atoms with Crippen LogP contribution in [0.4, 0.5) is 0 Å². The molecule has 5 nitrogen and oxygen atoms in total. The second-order valence-electron chi connectivity index (χ2n) is 12.7. The lowest BCUT2D eigenvalue weighted by molar-refractivity contribution is 0.554. The molecule has 9 aromatic rings. The molecule has 1 N–H and O–H groups in total. The summed E-state index contributed by atoms with van der Waals surface area (Å²) in [6.07, 6.45) is -0.301. The Bertz CT molecular complexity index is 2720. The number of aromatic nitrogens is 1. The van der Waals surface area contributed by atoms with E-state index in [1.54, 1.807) is 0 Å². The van der Waals surface area contributed by atoms with Crippen LogP contribution in [0.15, 0.2) is 184 Å². The SMILES string of the molecule is C=NC(=NC(NCc1ccccc1)c1ccccc1)c1cccc(-c2cccc(-n3c4ccccc4c4ccc5oc6ccccc6c5c43)c2)c1. The molecule has 2 aromatic heterocycles. The summed E-state index contributed by atoms with van der Waals surface area (Å²) in [5, 5.41) is 8.26. The highest BCUT2D eigenvalue weighted by Gasteiger charge is 2.19. The van der Waals surface area contributed by atoms with Gasteiger partial charge in [0, 0.05) is 34.0 Å². The van der Waals surface area contributed by atoms with Crippen molar-refractivity contribution in [1.29, 1.82) is 0 Å². The third kappa shape index (κ3) is 5.60. The molecule has 0 saturated heterocycles. The van der Waals surface area contributed by atoms with Crippen LogP contribution in [-0.4, -0.2) is 17.1 Å². The van der Waals surface area contributed by atoms with Gasteiger partial charge in [-0.3, -0.25) is 5.32 Å². The summed E-state index contributed by atoms with van der Waals surface area (Å²) in [6, 6.07) is 59.0. The van der Waals surface area contributed by atoms with Crippen LogP contribution < -0.4 is 5.32 Å². The Hall–Kier alpha value is -6.56. The highest BCUT2D eigenvalue weighted by molar-refractivity contribution is 6.24. The molecule has 0 aliphatic heterocycles. The summed E-state index contributed by atoms with van der Waals surface area (Å²) < 4.78 is 8.72. The van der Waals surface area contributed by atoms with Crippen molar-refractivity contribution in [2.24, 2.45) is 9.98 Å². The molecule has 9 rings (SSSR count). The van der Waals surface area contributed by atoms with E-state index in [2.05, 4.69) is 149 Å². The first-order chi connectivity index (χ1) is 25.2. The van der Waals surface area contributed by atoms with Crippen LogP contribution in [0.2, 0.25) is 0 Å². The van der Waals surface area contributed by atoms with Gasteiger partial charge in [-0.25, -0.2) is 9.98 Å². The van der Waals surface area contributed by atoms with Gasteiger partial charge in [-0.05, 0) is 71.4 Å². The number of fused-ring (bicyclic) bond motifs is 7. The fourth-order valence-electron chi connectivity index (χ4n) is 7.21. The summed E-state index contributed by atoms with van der Waals surface area (Å²) in [7, 11) is 0. The smallest absolute Gasteiger partial charge is 0.155 e. The number of hydrogen-bond acceptors (Lipinski definition) is 3. The van der Waals surface area contributed by atoms with Gasteiger partial charge >= 0.3 is 0 Å². The van der Waals surface area contributed by atoms with Gasteiger partial charge in [-0.2, -0.15) is 0 Å². The van der Waals surface area contributed by atoms with Gasteiger partial charge in [-0.1, -0.05) is 127 Å². The van der Waals surface area contributed by atoms with Crippen molar-refractivity contribution in [2.75, 3.05) is 0 Å². The second-order valence-corrected chi connectivity index (χ2v) is 12.7. The zero-order chi connectivity index (χ0) is 34.1. The van der Waals surface area contributed by atoms with E-state index in [-0.39, 0.29) is 6.17 Å². The Kier molecular flexibility index (Phi) is 7.80. The lowest BCUT2D eigenvalue weighted by Crippen LogP contribution is -2.20. The standard InChI is InChI=1S/C46H34N4O/c1-47-45(49-46(32-16-6-3-7-17-32)48-30-31-14-4-2-5-15-31)35-20-12-18-33(28-35)34-19-13-21-36(29-34)50-40-24-10-8-22-37(40)38-26-27-42-43(44(38)50)39-23-9-11-25-41(39)51-42/h2-29,46,48H,1,30H2. The van der Waals surface area contributed by atoms with Crippen LogP contribution in [0.3, 0.4) is 0 Å². The van der Waals surface area contributed by atoms with Crippen molar-refractivity contribution in [2.45, 2.75) is 12.7 Å². The minimum Gasteiger partial charge on any atom is -0.456 e. The Morgan fingerprint density at radius 2 is 1.33 bits per heavy atom. The fourth-order valence-corrected chi connectivity index (χ4v) is 7.21. The third-order valence-electron chi connectivity index (χ3n) is 9.59. The second kappa shape index (κ2) is 13.0. The molecular formula is C46H34N4O. The molecule has 0 aliphatic carbocycles. The summed E-state index contributed by atoms with van der Waals surface area (Å²) in [6.45, 7) is 4.60. The number of amidine groups is 1. The van der Waals surface area contributed by atoms with Gasteiger partial charge in [0.15, 0.2) is 5.84 Å².